The number of aromatic hydroxyl groups is 1. The first kappa shape index (κ1) is 21.2. The van der Waals surface area contributed by atoms with Gasteiger partial charge in [-0.05, 0) is 64.7 Å². The Hall–Kier alpha value is -4.05. The molecular weight excluding hydrogens is 400 g/mol. The molecule has 160 valence electrons. The molecule has 0 aromatic heterocycles. The number of hydrogen-bond donors (Lipinski definition) is 1. The minimum atomic E-state index is 0.0363. The second kappa shape index (κ2) is 9.40. The van der Waals surface area contributed by atoms with Crippen molar-refractivity contribution in [2.75, 3.05) is 14.2 Å². The Morgan fingerprint density at radius 1 is 0.750 bits per heavy atom. The zero-order valence-electron chi connectivity index (χ0n) is 18.0. The van der Waals surface area contributed by atoms with Crippen molar-refractivity contribution < 1.29 is 19.4 Å². The van der Waals surface area contributed by atoms with Crippen molar-refractivity contribution in [1.29, 1.82) is 0 Å². The molecule has 0 saturated heterocycles. The molecular formula is C28H24O4. The summed E-state index contributed by atoms with van der Waals surface area (Å²) in [6.45, 7) is 0. The Labute approximate surface area is 187 Å². The van der Waals surface area contributed by atoms with Crippen molar-refractivity contribution in [3.63, 3.8) is 0 Å². The summed E-state index contributed by atoms with van der Waals surface area (Å²) in [5.74, 6) is 1.72. The first-order valence-corrected chi connectivity index (χ1v) is 10.3. The van der Waals surface area contributed by atoms with Crippen molar-refractivity contribution in [2.24, 2.45) is 0 Å². The molecule has 4 rings (SSSR count). The summed E-state index contributed by atoms with van der Waals surface area (Å²) < 4.78 is 10.9. The molecule has 0 heterocycles. The lowest BCUT2D eigenvalue weighted by Crippen LogP contribution is -2.04. The van der Waals surface area contributed by atoms with Gasteiger partial charge in [0, 0.05) is 17.5 Å². The van der Waals surface area contributed by atoms with Gasteiger partial charge < -0.3 is 14.6 Å². The first-order valence-electron chi connectivity index (χ1n) is 10.3. The molecule has 0 amide bonds. The highest BCUT2D eigenvalue weighted by Gasteiger charge is 2.13. The Bertz CT molecular complexity index is 1230. The molecule has 1 N–H and O–H groups in total. The van der Waals surface area contributed by atoms with Crippen LogP contribution < -0.4 is 9.47 Å². The van der Waals surface area contributed by atoms with Gasteiger partial charge >= 0.3 is 0 Å². The van der Waals surface area contributed by atoms with Crippen LogP contribution in [0.2, 0.25) is 0 Å². The molecule has 0 radical (unpaired) electrons. The van der Waals surface area contributed by atoms with Gasteiger partial charge in [-0.3, -0.25) is 4.79 Å². The maximum atomic E-state index is 13.0. The largest absolute Gasteiger partial charge is 0.508 e. The second-order valence-corrected chi connectivity index (χ2v) is 7.49. The van der Waals surface area contributed by atoms with Crippen molar-refractivity contribution in [3.8, 4) is 39.5 Å². The van der Waals surface area contributed by atoms with E-state index < -0.39 is 0 Å². The quantitative estimate of drug-likeness (QED) is 0.361. The smallest absolute Gasteiger partial charge is 0.167 e. The molecule has 0 spiro atoms. The Balaban J connectivity index is 1.56. The predicted octanol–water partition coefficient (Wildman–Crippen LogP) is 6.17. The van der Waals surface area contributed by atoms with E-state index in [-0.39, 0.29) is 11.5 Å². The highest BCUT2D eigenvalue weighted by atomic mass is 16.5. The van der Waals surface area contributed by atoms with Gasteiger partial charge in [-0.15, -0.1) is 0 Å². The van der Waals surface area contributed by atoms with Gasteiger partial charge in [0.05, 0.1) is 14.2 Å². The summed E-state index contributed by atoms with van der Waals surface area (Å²) in [6, 6.07) is 28.2. The molecule has 4 nitrogen and oxygen atoms in total. The molecule has 32 heavy (non-hydrogen) atoms. The van der Waals surface area contributed by atoms with Crippen LogP contribution in [-0.4, -0.2) is 25.1 Å². The monoisotopic (exact) mass is 424 g/mol. The standard InChI is InChI=1S/C28H24O4/c1-31-25-5-3-4-22(17-25)26-18-23(12-15-28(26)32-2)27(30)16-19-6-8-20(9-7-19)21-10-13-24(29)14-11-21/h3-15,17-18,29H,16H2,1-2H3. The number of phenolic OH excluding ortho intramolecular Hbond substituents is 1. The molecule has 0 bridgehead atoms. The first-order chi connectivity index (χ1) is 15.6. The molecule has 4 aromatic rings. The van der Waals surface area contributed by atoms with Crippen LogP contribution in [-0.2, 0) is 6.42 Å². The van der Waals surface area contributed by atoms with E-state index in [1.165, 1.54) is 0 Å². The highest BCUT2D eigenvalue weighted by Crippen LogP contribution is 2.33. The average molecular weight is 424 g/mol. The van der Waals surface area contributed by atoms with E-state index in [4.69, 9.17) is 9.47 Å². The number of methoxy groups -OCH3 is 2. The summed E-state index contributed by atoms with van der Waals surface area (Å²) >= 11 is 0. The zero-order valence-corrected chi connectivity index (χ0v) is 18.0. The lowest BCUT2D eigenvalue weighted by molar-refractivity contribution is 0.0993. The predicted molar refractivity (Wildman–Crippen MR) is 127 cm³/mol. The van der Waals surface area contributed by atoms with Crippen LogP contribution >= 0.6 is 0 Å². The lowest BCUT2D eigenvalue weighted by Gasteiger charge is -2.12. The normalized spacial score (nSPS) is 10.6. The van der Waals surface area contributed by atoms with E-state index in [2.05, 4.69) is 0 Å². The van der Waals surface area contributed by atoms with Gasteiger partial charge in [0.25, 0.3) is 0 Å². The fourth-order valence-electron chi connectivity index (χ4n) is 3.65. The number of phenols is 1. The van der Waals surface area contributed by atoms with Gasteiger partial charge in [0.15, 0.2) is 5.78 Å². The third kappa shape index (κ3) is 4.65. The van der Waals surface area contributed by atoms with E-state index in [0.29, 0.717) is 17.7 Å². The fourth-order valence-corrected chi connectivity index (χ4v) is 3.65. The molecule has 0 saturated carbocycles. The van der Waals surface area contributed by atoms with Crippen LogP contribution in [0.15, 0.2) is 91.0 Å². The average Bonchev–Trinajstić information content (AvgIpc) is 2.84. The van der Waals surface area contributed by atoms with Crippen LogP contribution in [0.4, 0.5) is 0 Å². The number of carbonyl (C=O) groups excluding carboxylic acids is 1. The third-order valence-electron chi connectivity index (χ3n) is 5.42. The Morgan fingerprint density at radius 3 is 2.09 bits per heavy atom. The van der Waals surface area contributed by atoms with Crippen molar-refractivity contribution in [3.05, 3.63) is 102 Å². The van der Waals surface area contributed by atoms with Gasteiger partial charge in [0.1, 0.15) is 17.2 Å². The molecule has 4 heteroatoms. The number of benzene rings is 4. The summed E-state index contributed by atoms with van der Waals surface area (Å²) in [5.41, 5.74) is 5.39. The van der Waals surface area contributed by atoms with Crippen LogP contribution in [0.3, 0.4) is 0 Å². The minimum absolute atomic E-state index is 0.0363. The molecule has 0 aliphatic heterocycles. The van der Waals surface area contributed by atoms with Gasteiger partial charge in [-0.25, -0.2) is 0 Å². The molecule has 0 fully saturated rings. The van der Waals surface area contributed by atoms with Crippen LogP contribution in [0.25, 0.3) is 22.3 Å². The number of ether oxygens (including phenoxy) is 2. The van der Waals surface area contributed by atoms with E-state index in [0.717, 1.165) is 33.6 Å². The van der Waals surface area contributed by atoms with E-state index in [9.17, 15) is 9.90 Å². The summed E-state index contributed by atoms with van der Waals surface area (Å²) in [4.78, 5) is 13.0. The topological polar surface area (TPSA) is 55.8 Å². The van der Waals surface area contributed by atoms with E-state index >= 15 is 0 Å². The van der Waals surface area contributed by atoms with Crippen molar-refractivity contribution >= 4 is 5.78 Å². The second-order valence-electron chi connectivity index (χ2n) is 7.49. The van der Waals surface area contributed by atoms with E-state index in [1.807, 2.05) is 72.8 Å². The molecule has 4 aromatic carbocycles. The Morgan fingerprint density at radius 2 is 1.44 bits per heavy atom. The van der Waals surface area contributed by atoms with Crippen LogP contribution in [0, 0.1) is 0 Å². The number of ketones is 1. The lowest BCUT2D eigenvalue weighted by atomic mass is 9.96. The summed E-state index contributed by atoms with van der Waals surface area (Å²) in [5, 5.41) is 9.45. The minimum Gasteiger partial charge on any atom is -0.508 e. The molecule has 0 unspecified atom stereocenters. The zero-order chi connectivity index (χ0) is 22.5. The molecule has 0 aliphatic carbocycles. The summed E-state index contributed by atoms with van der Waals surface area (Å²) in [7, 11) is 3.25. The number of Topliss-reactive ketones (excluding diaryl/α,β-unsaturated/α-hetero) is 1. The van der Waals surface area contributed by atoms with Crippen LogP contribution in [0.5, 0.6) is 17.2 Å². The highest BCUT2D eigenvalue weighted by molar-refractivity contribution is 5.99. The van der Waals surface area contributed by atoms with Gasteiger partial charge in [0.2, 0.25) is 0 Å². The SMILES string of the molecule is COc1cccc(-c2cc(C(=O)Cc3ccc(-c4ccc(O)cc4)cc3)ccc2OC)c1. The molecule has 0 aliphatic rings. The van der Waals surface area contributed by atoms with E-state index in [1.54, 1.807) is 32.4 Å². The van der Waals surface area contributed by atoms with Crippen LogP contribution in [0.1, 0.15) is 15.9 Å². The number of carbonyl (C=O) groups is 1. The maximum Gasteiger partial charge on any atom is 0.167 e. The Kier molecular flexibility index (Phi) is 6.22. The summed E-state index contributed by atoms with van der Waals surface area (Å²) in [6.07, 6.45) is 0.305. The van der Waals surface area contributed by atoms with Gasteiger partial charge in [-0.2, -0.15) is 0 Å². The van der Waals surface area contributed by atoms with Crippen molar-refractivity contribution in [1.82, 2.24) is 0 Å². The van der Waals surface area contributed by atoms with Crippen molar-refractivity contribution in [2.45, 2.75) is 6.42 Å². The molecule has 0 atom stereocenters. The van der Waals surface area contributed by atoms with Gasteiger partial charge in [-0.1, -0.05) is 48.5 Å². The third-order valence-corrected chi connectivity index (χ3v) is 5.42. The maximum absolute atomic E-state index is 13.0. The number of rotatable bonds is 7. The number of hydrogen-bond acceptors (Lipinski definition) is 4. The fraction of sp³-hybridized carbons (Fsp3) is 0.107.